The van der Waals surface area contributed by atoms with Crippen LogP contribution in [0.4, 0.5) is 14.5 Å². The van der Waals surface area contributed by atoms with Crippen molar-refractivity contribution < 1.29 is 36.3 Å². The Kier molecular flexibility index (Phi) is 7.50. The van der Waals surface area contributed by atoms with Crippen LogP contribution in [0.25, 0.3) is 10.8 Å². The van der Waals surface area contributed by atoms with E-state index < -0.39 is 44.3 Å². The van der Waals surface area contributed by atoms with Crippen LogP contribution in [0.1, 0.15) is 31.1 Å². The first-order valence-electron chi connectivity index (χ1n) is 13.5. The Labute approximate surface area is 245 Å². The van der Waals surface area contributed by atoms with Crippen molar-refractivity contribution in [2.24, 2.45) is 0 Å². The number of benzene rings is 4. The first kappa shape index (κ1) is 28.6. The van der Waals surface area contributed by atoms with Crippen LogP contribution in [0, 0.1) is 11.6 Å². The summed E-state index contributed by atoms with van der Waals surface area (Å²) in [5.74, 6) is -3.53. The minimum atomic E-state index is -4.29. The molecule has 43 heavy (non-hydrogen) atoms. The van der Waals surface area contributed by atoms with Gasteiger partial charge in [-0.25, -0.2) is 17.2 Å². The molecule has 9 nitrogen and oxygen atoms in total. The Morgan fingerprint density at radius 3 is 2.16 bits per heavy atom. The smallest absolute Gasteiger partial charge is 0.261 e. The highest BCUT2D eigenvalue weighted by Crippen LogP contribution is 2.30. The lowest BCUT2D eigenvalue weighted by molar-refractivity contribution is 0.0611. The van der Waals surface area contributed by atoms with Crippen molar-refractivity contribution in [1.29, 1.82) is 0 Å². The molecule has 0 aromatic heterocycles. The third-order valence-electron chi connectivity index (χ3n) is 7.53. The van der Waals surface area contributed by atoms with Crippen molar-refractivity contribution in [3.05, 3.63) is 107 Å². The molecule has 4 aromatic rings. The molecule has 0 bridgehead atoms. The van der Waals surface area contributed by atoms with Crippen molar-refractivity contribution in [2.75, 3.05) is 44.3 Å². The van der Waals surface area contributed by atoms with Gasteiger partial charge in [0, 0.05) is 53.9 Å². The maximum absolute atomic E-state index is 14.9. The lowest BCUT2D eigenvalue weighted by Crippen LogP contribution is -2.46. The van der Waals surface area contributed by atoms with Crippen molar-refractivity contribution in [3.8, 4) is 0 Å². The van der Waals surface area contributed by atoms with Gasteiger partial charge in [0.2, 0.25) is 10.0 Å². The van der Waals surface area contributed by atoms with E-state index in [0.29, 0.717) is 16.5 Å². The Hall–Kier alpha value is -4.52. The number of amides is 3. The molecule has 3 amide bonds. The van der Waals surface area contributed by atoms with E-state index in [1.54, 1.807) is 36.4 Å². The second kappa shape index (κ2) is 11.3. The molecular weight excluding hydrogens is 580 g/mol. The Balaban J connectivity index is 1.33. The molecular formula is C31H25F2N3O6S. The summed E-state index contributed by atoms with van der Waals surface area (Å²) in [6.07, 6.45) is 0. The van der Waals surface area contributed by atoms with Gasteiger partial charge in [-0.05, 0) is 53.9 Å². The maximum Gasteiger partial charge on any atom is 0.261 e. The highest BCUT2D eigenvalue weighted by atomic mass is 32.2. The Morgan fingerprint density at radius 2 is 1.51 bits per heavy atom. The summed E-state index contributed by atoms with van der Waals surface area (Å²) < 4.78 is 61.9. The molecule has 6 rings (SSSR count). The summed E-state index contributed by atoms with van der Waals surface area (Å²) in [6.45, 7) is -0.126. The highest BCUT2D eigenvalue weighted by molar-refractivity contribution is 7.89. The highest BCUT2D eigenvalue weighted by Gasteiger charge is 2.34. The minimum absolute atomic E-state index is 0.0318. The van der Waals surface area contributed by atoms with Gasteiger partial charge in [0.25, 0.3) is 17.7 Å². The molecule has 1 saturated heterocycles. The molecule has 2 aliphatic rings. The van der Waals surface area contributed by atoms with Gasteiger partial charge in [-0.15, -0.1) is 0 Å². The summed E-state index contributed by atoms with van der Waals surface area (Å²) in [6, 6.07) is 18.4. The molecule has 0 spiro atoms. The molecule has 0 N–H and O–H groups in total. The van der Waals surface area contributed by atoms with Gasteiger partial charge in [-0.1, -0.05) is 30.3 Å². The number of carbonyl (C=O) groups is 3. The number of sulfonamides is 1. The number of ether oxygens (including phenoxy) is 1. The zero-order valence-corrected chi connectivity index (χ0v) is 23.5. The molecule has 0 saturated carbocycles. The van der Waals surface area contributed by atoms with E-state index in [0.717, 1.165) is 43.8 Å². The Morgan fingerprint density at radius 1 is 0.860 bits per heavy atom. The Bertz CT molecular complexity index is 1840. The molecule has 220 valence electrons. The van der Waals surface area contributed by atoms with Gasteiger partial charge < -0.3 is 9.64 Å². The fraction of sp³-hybridized carbons (Fsp3) is 0.194. The normalized spacial score (nSPS) is 15.6. The van der Waals surface area contributed by atoms with E-state index in [9.17, 15) is 31.6 Å². The zero-order valence-electron chi connectivity index (χ0n) is 22.7. The first-order chi connectivity index (χ1) is 20.7. The van der Waals surface area contributed by atoms with E-state index in [1.807, 2.05) is 0 Å². The fourth-order valence-electron chi connectivity index (χ4n) is 5.39. The zero-order chi connectivity index (χ0) is 30.3. The maximum atomic E-state index is 14.9. The summed E-state index contributed by atoms with van der Waals surface area (Å²) in [5, 5.41) is 1.29. The average molecular weight is 606 g/mol. The lowest BCUT2D eigenvalue weighted by Gasteiger charge is -2.30. The molecule has 0 atom stereocenters. The van der Waals surface area contributed by atoms with Crippen molar-refractivity contribution >= 4 is 44.2 Å². The summed E-state index contributed by atoms with van der Waals surface area (Å²) in [5.41, 5.74) is 0.607. The van der Waals surface area contributed by atoms with Crippen molar-refractivity contribution in [2.45, 2.75) is 4.90 Å². The first-order valence-corrected chi connectivity index (χ1v) is 14.9. The van der Waals surface area contributed by atoms with Crippen LogP contribution < -0.4 is 4.90 Å². The number of hydrogen-bond acceptors (Lipinski definition) is 6. The van der Waals surface area contributed by atoms with Crippen LogP contribution in [0.2, 0.25) is 0 Å². The van der Waals surface area contributed by atoms with E-state index in [-0.39, 0.29) is 50.6 Å². The van der Waals surface area contributed by atoms with Crippen LogP contribution in [-0.2, 0) is 14.8 Å². The van der Waals surface area contributed by atoms with Gasteiger partial charge in [0.05, 0.1) is 13.2 Å². The van der Waals surface area contributed by atoms with Gasteiger partial charge in [-0.3, -0.25) is 19.3 Å². The largest absolute Gasteiger partial charge is 0.379 e. The SMILES string of the molecule is O=C1c2cccc3cccc(c23)C(=O)N1CCN(C(=O)c1ccc(F)c(S(=O)(=O)N2CCOCC2)c1)c1cccc(F)c1. The number of nitrogens with zero attached hydrogens (tertiary/aromatic N) is 3. The van der Waals surface area contributed by atoms with Crippen LogP contribution >= 0.6 is 0 Å². The molecule has 1 fully saturated rings. The number of imide groups is 1. The minimum Gasteiger partial charge on any atom is -0.379 e. The molecule has 2 heterocycles. The molecule has 0 aliphatic carbocycles. The third kappa shape index (κ3) is 5.18. The number of hydrogen-bond donors (Lipinski definition) is 0. The van der Waals surface area contributed by atoms with Crippen molar-refractivity contribution in [3.63, 3.8) is 0 Å². The predicted molar refractivity (Wildman–Crippen MR) is 153 cm³/mol. The topological polar surface area (TPSA) is 104 Å². The van der Waals surface area contributed by atoms with E-state index in [2.05, 4.69) is 0 Å². The van der Waals surface area contributed by atoms with Gasteiger partial charge in [0.1, 0.15) is 16.5 Å². The lowest BCUT2D eigenvalue weighted by atomic mass is 9.94. The molecule has 0 unspecified atom stereocenters. The summed E-state index contributed by atoms with van der Waals surface area (Å²) in [4.78, 5) is 42.2. The molecule has 0 radical (unpaired) electrons. The number of rotatable bonds is 7. The molecule has 2 aliphatic heterocycles. The standard InChI is InChI=1S/C31H25F2N3O6S/c32-22-6-3-7-23(19-22)35(12-13-36-30(38)24-8-1-4-20-5-2-9-25(28(20)24)31(36)39)29(37)21-10-11-26(33)27(18-21)43(40,41)34-14-16-42-17-15-34/h1-11,18-19H,12-17H2. The number of morpholine rings is 1. The van der Waals surface area contributed by atoms with Gasteiger partial charge in [-0.2, -0.15) is 4.31 Å². The monoisotopic (exact) mass is 605 g/mol. The van der Waals surface area contributed by atoms with Gasteiger partial charge in [0.15, 0.2) is 0 Å². The molecule has 4 aromatic carbocycles. The van der Waals surface area contributed by atoms with Crippen LogP contribution in [0.3, 0.4) is 0 Å². The van der Waals surface area contributed by atoms with Gasteiger partial charge >= 0.3 is 0 Å². The fourth-order valence-corrected chi connectivity index (χ4v) is 6.89. The number of anilines is 1. The van der Waals surface area contributed by atoms with Crippen LogP contribution in [0.5, 0.6) is 0 Å². The van der Waals surface area contributed by atoms with E-state index in [4.69, 9.17) is 4.74 Å². The van der Waals surface area contributed by atoms with Crippen LogP contribution in [-0.4, -0.2) is 74.7 Å². The third-order valence-corrected chi connectivity index (χ3v) is 9.45. The number of carbonyl (C=O) groups excluding carboxylic acids is 3. The number of halogens is 2. The summed E-state index contributed by atoms with van der Waals surface area (Å²) >= 11 is 0. The van der Waals surface area contributed by atoms with Crippen LogP contribution in [0.15, 0.2) is 83.8 Å². The van der Waals surface area contributed by atoms with Crippen molar-refractivity contribution in [1.82, 2.24) is 9.21 Å². The second-order valence-electron chi connectivity index (χ2n) is 10.1. The summed E-state index contributed by atoms with van der Waals surface area (Å²) in [7, 11) is -4.29. The quantitative estimate of drug-likeness (QED) is 0.294. The predicted octanol–water partition coefficient (Wildman–Crippen LogP) is 4.08. The molecule has 12 heteroatoms. The second-order valence-corrected chi connectivity index (χ2v) is 12.0. The average Bonchev–Trinajstić information content (AvgIpc) is 3.01. The van der Waals surface area contributed by atoms with E-state index >= 15 is 0 Å². The van der Waals surface area contributed by atoms with E-state index in [1.165, 1.54) is 18.2 Å².